The van der Waals surface area contributed by atoms with Gasteiger partial charge in [0.1, 0.15) is 61.1 Å². The molecule has 0 spiro atoms. The third-order valence-electron chi connectivity index (χ3n) is 11.0. The van der Waals surface area contributed by atoms with E-state index in [1.54, 1.807) is 55.5 Å². The molecule has 5 amide bonds. The number of amides is 5. The van der Waals surface area contributed by atoms with Crippen LogP contribution < -0.4 is 47.9 Å². The SMILES string of the molecule is Cc1nc(C#CC2CCCCC2)ccc1C(=O)NC(CCN)C(=O)N(C)C1C(=O)NC(C)C(=O)NC(C(=O)NCC#N)Cc2ccc(OCCN)c(c2)-c2cc1ccc2OCCN. The van der Waals surface area contributed by atoms with E-state index in [-0.39, 0.29) is 57.8 Å². The van der Waals surface area contributed by atoms with Crippen LogP contribution >= 0.6 is 0 Å². The number of carbonyl (C=O) groups excluding carboxylic acids is 5. The van der Waals surface area contributed by atoms with Crippen LogP contribution in [0.15, 0.2) is 48.5 Å². The van der Waals surface area contributed by atoms with Crippen molar-refractivity contribution in [3.8, 4) is 40.5 Å². The molecule has 63 heavy (non-hydrogen) atoms. The van der Waals surface area contributed by atoms with Crippen LogP contribution in [0.4, 0.5) is 0 Å². The zero-order valence-electron chi connectivity index (χ0n) is 36.1. The van der Waals surface area contributed by atoms with E-state index >= 15 is 0 Å². The van der Waals surface area contributed by atoms with E-state index in [1.807, 2.05) is 6.07 Å². The van der Waals surface area contributed by atoms with E-state index in [0.29, 0.717) is 51.1 Å². The van der Waals surface area contributed by atoms with E-state index in [0.717, 1.165) is 25.7 Å². The smallest absolute Gasteiger partial charge is 0.253 e. The summed E-state index contributed by atoms with van der Waals surface area (Å²) in [5.74, 6) is 4.33. The summed E-state index contributed by atoms with van der Waals surface area (Å²) < 4.78 is 12.2. The Labute approximate surface area is 368 Å². The van der Waals surface area contributed by atoms with Gasteiger partial charge in [-0.25, -0.2) is 4.98 Å². The Morgan fingerprint density at radius 2 is 1.60 bits per heavy atom. The highest BCUT2D eigenvalue weighted by Crippen LogP contribution is 2.40. The number of nitriles is 1. The van der Waals surface area contributed by atoms with Crippen molar-refractivity contribution in [3.63, 3.8) is 0 Å². The highest BCUT2D eigenvalue weighted by atomic mass is 16.5. The molecular formula is C46H58N10O7. The second-order valence-corrected chi connectivity index (χ2v) is 15.6. The molecule has 1 fully saturated rings. The van der Waals surface area contributed by atoms with Crippen molar-refractivity contribution in [2.45, 2.75) is 83.0 Å². The van der Waals surface area contributed by atoms with Crippen molar-refractivity contribution in [2.75, 3.05) is 46.4 Å². The molecule has 0 radical (unpaired) electrons. The number of pyridine rings is 1. The number of aryl methyl sites for hydroxylation is 1. The van der Waals surface area contributed by atoms with Gasteiger partial charge in [0.25, 0.3) is 5.91 Å². The summed E-state index contributed by atoms with van der Waals surface area (Å²) in [6, 6.07) is 10.5. The average Bonchev–Trinajstić information content (AvgIpc) is 3.28. The van der Waals surface area contributed by atoms with E-state index in [1.165, 1.54) is 25.3 Å². The van der Waals surface area contributed by atoms with Gasteiger partial charge in [-0.15, -0.1) is 0 Å². The molecule has 10 N–H and O–H groups in total. The lowest BCUT2D eigenvalue weighted by molar-refractivity contribution is -0.141. The van der Waals surface area contributed by atoms with Crippen molar-refractivity contribution in [2.24, 2.45) is 23.1 Å². The second-order valence-electron chi connectivity index (χ2n) is 15.6. The fourth-order valence-corrected chi connectivity index (χ4v) is 7.66. The van der Waals surface area contributed by atoms with Gasteiger partial charge in [0, 0.05) is 43.6 Å². The predicted octanol–water partition coefficient (Wildman–Crippen LogP) is 1.50. The van der Waals surface area contributed by atoms with Crippen molar-refractivity contribution < 1.29 is 33.4 Å². The molecule has 334 valence electrons. The third kappa shape index (κ3) is 12.5. The van der Waals surface area contributed by atoms with Gasteiger partial charge in [-0.3, -0.25) is 24.0 Å². The summed E-state index contributed by atoms with van der Waals surface area (Å²) in [5.41, 5.74) is 20.8. The molecule has 4 bridgehead atoms. The van der Waals surface area contributed by atoms with Crippen LogP contribution in [-0.4, -0.2) is 104 Å². The number of fused-ring (bicyclic) bond motifs is 5. The number of hydrogen-bond acceptors (Lipinski definition) is 12. The van der Waals surface area contributed by atoms with Gasteiger partial charge in [0.2, 0.25) is 23.6 Å². The normalized spacial score (nSPS) is 18.1. The average molecular weight is 863 g/mol. The molecular weight excluding hydrogens is 805 g/mol. The Hall–Kier alpha value is -6.53. The summed E-state index contributed by atoms with van der Waals surface area (Å²) in [6.07, 6.45) is 5.72. The van der Waals surface area contributed by atoms with E-state index < -0.39 is 53.7 Å². The molecule has 17 nitrogen and oxygen atoms in total. The molecule has 5 rings (SSSR count). The number of likely N-dealkylation sites (N-methyl/N-ethyl adjacent to an activating group) is 1. The van der Waals surface area contributed by atoms with Crippen LogP contribution in [0.1, 0.15) is 84.4 Å². The molecule has 1 aromatic heterocycles. The van der Waals surface area contributed by atoms with Gasteiger partial charge in [-0.2, -0.15) is 5.26 Å². The summed E-state index contributed by atoms with van der Waals surface area (Å²) in [6.45, 7) is 3.57. The zero-order valence-corrected chi connectivity index (χ0v) is 36.1. The van der Waals surface area contributed by atoms with Crippen molar-refractivity contribution >= 4 is 29.5 Å². The fraction of sp³-hybridized carbons (Fsp3) is 0.457. The number of nitrogens with one attached hydrogen (secondary N) is 4. The largest absolute Gasteiger partial charge is 0.492 e. The van der Waals surface area contributed by atoms with Gasteiger partial charge >= 0.3 is 0 Å². The van der Waals surface area contributed by atoms with E-state index in [9.17, 15) is 24.0 Å². The van der Waals surface area contributed by atoms with Crippen molar-refractivity contribution in [1.82, 2.24) is 31.2 Å². The summed E-state index contributed by atoms with van der Waals surface area (Å²) in [7, 11) is 1.42. The number of hydrogen-bond donors (Lipinski definition) is 7. The van der Waals surface area contributed by atoms with Crippen LogP contribution in [0, 0.1) is 36.0 Å². The second kappa shape index (κ2) is 23.1. The van der Waals surface area contributed by atoms with Crippen LogP contribution in [-0.2, 0) is 25.6 Å². The van der Waals surface area contributed by atoms with Crippen LogP contribution in [0.3, 0.4) is 0 Å². The van der Waals surface area contributed by atoms with Crippen molar-refractivity contribution in [1.29, 1.82) is 5.26 Å². The third-order valence-corrected chi connectivity index (χ3v) is 11.0. The molecule has 17 heteroatoms. The van der Waals surface area contributed by atoms with Crippen LogP contribution in [0.25, 0.3) is 11.1 Å². The van der Waals surface area contributed by atoms with Crippen molar-refractivity contribution in [3.05, 3.63) is 76.6 Å². The number of nitrogens with zero attached hydrogens (tertiary/aromatic N) is 3. The number of ether oxygens (including phenoxy) is 2. The number of rotatable bonds is 14. The minimum atomic E-state index is -1.38. The first kappa shape index (κ1) is 47.5. The number of benzene rings is 2. The number of nitrogens with two attached hydrogens (primary N) is 3. The highest BCUT2D eigenvalue weighted by Gasteiger charge is 2.36. The Kier molecular flexibility index (Phi) is 17.4. The fourth-order valence-electron chi connectivity index (χ4n) is 7.66. The van der Waals surface area contributed by atoms with E-state index in [4.69, 9.17) is 31.9 Å². The minimum absolute atomic E-state index is 0.00881. The number of aromatic nitrogens is 1. The minimum Gasteiger partial charge on any atom is -0.492 e. The Morgan fingerprint density at radius 3 is 2.25 bits per heavy atom. The molecule has 2 aliphatic rings. The quantitative estimate of drug-likeness (QED) is 0.0898. The standard InChI is InChI=1S/C46H58N10O7/c1-28-34(14-13-33(52-28)12-9-30-7-5-4-6-8-30)43(58)54-37(17-18-47)46(61)56(3)41-32-11-16-40(63-24-21-50)36(27-32)35-25-31(10-15-39(35)62-23-20-49)26-38(44(59)51-22-19-48)55-42(57)29(2)53-45(41)60/h10-11,13-16,25,27,29-30,37-38,41H,4-8,17-18,20-24,26,47,49-50H2,1-3H3,(H,51,59)(H,53,60)(H,54,58)(H,55,57). The first-order valence-electron chi connectivity index (χ1n) is 21.3. The molecule has 2 heterocycles. The van der Waals surface area contributed by atoms with Gasteiger partial charge < -0.3 is 52.8 Å². The summed E-state index contributed by atoms with van der Waals surface area (Å²) in [5, 5.41) is 19.9. The lowest BCUT2D eigenvalue weighted by atomic mass is 9.90. The molecule has 2 aromatic carbocycles. The lowest BCUT2D eigenvalue weighted by Crippen LogP contribution is -2.56. The lowest BCUT2D eigenvalue weighted by Gasteiger charge is -2.32. The molecule has 4 unspecified atom stereocenters. The maximum Gasteiger partial charge on any atom is 0.253 e. The topological polar surface area (TPSA) is 270 Å². The highest BCUT2D eigenvalue weighted by molar-refractivity contribution is 6.00. The summed E-state index contributed by atoms with van der Waals surface area (Å²) in [4.78, 5) is 75.7. The monoisotopic (exact) mass is 862 g/mol. The molecule has 4 atom stereocenters. The Morgan fingerprint density at radius 1 is 0.921 bits per heavy atom. The van der Waals surface area contributed by atoms with Gasteiger partial charge in [0.05, 0.1) is 17.3 Å². The van der Waals surface area contributed by atoms with Crippen LogP contribution in [0.2, 0.25) is 0 Å². The van der Waals surface area contributed by atoms with Gasteiger partial charge in [0.15, 0.2) is 0 Å². The van der Waals surface area contributed by atoms with Gasteiger partial charge in [-0.1, -0.05) is 37.3 Å². The Balaban J connectivity index is 1.55. The molecule has 1 aliphatic heterocycles. The maximum absolute atomic E-state index is 14.6. The molecule has 1 saturated carbocycles. The maximum atomic E-state index is 14.6. The van der Waals surface area contributed by atoms with E-state index in [2.05, 4.69) is 38.1 Å². The number of carbonyl (C=O) groups is 5. The van der Waals surface area contributed by atoms with Gasteiger partial charge in [-0.05, 0) is 93.1 Å². The summed E-state index contributed by atoms with van der Waals surface area (Å²) >= 11 is 0. The molecule has 3 aromatic rings. The predicted molar refractivity (Wildman–Crippen MR) is 236 cm³/mol. The zero-order chi connectivity index (χ0) is 45.5. The molecule has 1 aliphatic carbocycles. The first-order chi connectivity index (χ1) is 30.4. The first-order valence-corrected chi connectivity index (χ1v) is 21.3. The molecule has 0 saturated heterocycles. The van der Waals surface area contributed by atoms with Crippen LogP contribution in [0.5, 0.6) is 11.5 Å². The Bertz CT molecular complexity index is 2240.